The van der Waals surface area contributed by atoms with Crippen LogP contribution < -0.4 is 10.6 Å². The third-order valence-electron chi connectivity index (χ3n) is 4.71. The topological polar surface area (TPSA) is 78.4 Å². The van der Waals surface area contributed by atoms with Crippen molar-refractivity contribution < 1.29 is 14.7 Å². The Labute approximate surface area is 170 Å². The Morgan fingerprint density at radius 1 is 0.759 bits per heavy atom. The summed E-state index contributed by atoms with van der Waals surface area (Å²) in [5.41, 5.74) is 2.38. The van der Waals surface area contributed by atoms with Gasteiger partial charge in [-0.25, -0.2) is 0 Å². The number of hydrogen-bond donors (Lipinski definition) is 3. The van der Waals surface area contributed by atoms with Crippen LogP contribution in [0.4, 0.5) is 0 Å². The summed E-state index contributed by atoms with van der Waals surface area (Å²) in [5, 5.41) is 15.8. The molecule has 0 aliphatic heterocycles. The fourth-order valence-corrected chi connectivity index (χ4v) is 2.95. The van der Waals surface area contributed by atoms with Crippen molar-refractivity contribution in [1.29, 1.82) is 0 Å². The van der Waals surface area contributed by atoms with Gasteiger partial charge >= 0.3 is 11.8 Å². The number of amides is 2. The third-order valence-corrected chi connectivity index (χ3v) is 4.71. The lowest BCUT2D eigenvalue weighted by Gasteiger charge is -2.24. The molecule has 29 heavy (non-hydrogen) atoms. The summed E-state index contributed by atoms with van der Waals surface area (Å²) in [4.78, 5) is 24.0. The van der Waals surface area contributed by atoms with Crippen molar-refractivity contribution >= 4 is 11.8 Å². The first kappa shape index (κ1) is 20.3. The fourth-order valence-electron chi connectivity index (χ4n) is 2.95. The van der Waals surface area contributed by atoms with Gasteiger partial charge in [0.1, 0.15) is 5.60 Å². The fraction of sp³-hybridized carbons (Fsp3) is 0.167. The summed E-state index contributed by atoms with van der Waals surface area (Å²) < 4.78 is 0. The van der Waals surface area contributed by atoms with Gasteiger partial charge in [0.05, 0.1) is 6.54 Å². The van der Waals surface area contributed by atoms with Gasteiger partial charge in [-0.15, -0.1) is 0 Å². The van der Waals surface area contributed by atoms with Crippen LogP contribution in [0.3, 0.4) is 0 Å². The SMILES string of the molecule is CC(O)(CNC(=O)C(=O)NCc1ccccc1)c1ccc(-c2ccccc2)cc1. The highest BCUT2D eigenvalue weighted by Gasteiger charge is 2.25. The van der Waals surface area contributed by atoms with E-state index in [0.717, 1.165) is 16.7 Å². The van der Waals surface area contributed by atoms with Gasteiger partial charge in [-0.05, 0) is 29.2 Å². The Morgan fingerprint density at radius 3 is 1.90 bits per heavy atom. The minimum Gasteiger partial charge on any atom is -0.384 e. The van der Waals surface area contributed by atoms with Crippen LogP contribution in [0.5, 0.6) is 0 Å². The monoisotopic (exact) mass is 388 g/mol. The Bertz CT molecular complexity index is 952. The Balaban J connectivity index is 1.54. The summed E-state index contributed by atoms with van der Waals surface area (Å²) in [5.74, 6) is -1.51. The standard InChI is InChI=1S/C24H24N2O3/c1-24(29,21-14-12-20(13-15-21)19-10-6-3-7-11-19)17-26-23(28)22(27)25-16-18-8-4-2-5-9-18/h2-15,29H,16-17H2,1H3,(H,25,27)(H,26,28). The van der Waals surface area contributed by atoms with Gasteiger partial charge in [0.25, 0.3) is 0 Å². The third kappa shape index (κ3) is 5.53. The average Bonchev–Trinajstić information content (AvgIpc) is 2.77. The normalized spacial score (nSPS) is 12.6. The van der Waals surface area contributed by atoms with E-state index in [2.05, 4.69) is 10.6 Å². The van der Waals surface area contributed by atoms with E-state index >= 15 is 0 Å². The quantitative estimate of drug-likeness (QED) is 0.568. The molecular formula is C24H24N2O3. The van der Waals surface area contributed by atoms with Gasteiger partial charge in [0.2, 0.25) is 0 Å². The lowest BCUT2D eigenvalue weighted by Crippen LogP contribution is -2.45. The van der Waals surface area contributed by atoms with Gasteiger partial charge in [0.15, 0.2) is 0 Å². The average molecular weight is 388 g/mol. The molecule has 0 saturated heterocycles. The molecule has 3 aromatic carbocycles. The summed E-state index contributed by atoms with van der Waals surface area (Å²) >= 11 is 0. The second kappa shape index (κ2) is 9.17. The van der Waals surface area contributed by atoms with E-state index in [0.29, 0.717) is 5.56 Å². The number of aliphatic hydroxyl groups is 1. The summed E-state index contributed by atoms with van der Waals surface area (Å²) in [6, 6.07) is 26.8. The maximum absolute atomic E-state index is 12.0. The van der Waals surface area contributed by atoms with Crippen molar-refractivity contribution in [2.24, 2.45) is 0 Å². The molecule has 1 atom stereocenters. The molecule has 0 aliphatic rings. The number of carbonyl (C=O) groups is 2. The van der Waals surface area contributed by atoms with E-state index in [1.807, 2.05) is 84.9 Å². The van der Waals surface area contributed by atoms with E-state index in [-0.39, 0.29) is 13.1 Å². The molecule has 0 radical (unpaired) electrons. The van der Waals surface area contributed by atoms with Crippen LogP contribution in [-0.2, 0) is 21.7 Å². The summed E-state index contributed by atoms with van der Waals surface area (Å²) in [7, 11) is 0. The molecule has 0 aromatic heterocycles. The first-order valence-electron chi connectivity index (χ1n) is 9.44. The van der Waals surface area contributed by atoms with Crippen molar-refractivity contribution in [1.82, 2.24) is 10.6 Å². The Kier molecular flexibility index (Phi) is 6.42. The molecule has 0 saturated carbocycles. The molecular weight excluding hydrogens is 364 g/mol. The zero-order valence-electron chi connectivity index (χ0n) is 16.3. The Hall–Kier alpha value is -3.44. The van der Waals surface area contributed by atoms with Crippen LogP contribution in [-0.4, -0.2) is 23.5 Å². The highest BCUT2D eigenvalue weighted by molar-refractivity contribution is 6.35. The zero-order chi connectivity index (χ0) is 20.7. The van der Waals surface area contributed by atoms with Gasteiger partial charge in [-0.3, -0.25) is 9.59 Å². The molecule has 0 bridgehead atoms. The highest BCUT2D eigenvalue weighted by Crippen LogP contribution is 2.24. The number of nitrogens with one attached hydrogen (secondary N) is 2. The molecule has 2 amide bonds. The molecule has 3 N–H and O–H groups in total. The van der Waals surface area contributed by atoms with Gasteiger partial charge in [-0.2, -0.15) is 0 Å². The second-order valence-corrected chi connectivity index (χ2v) is 7.07. The van der Waals surface area contributed by atoms with Crippen LogP contribution in [0.15, 0.2) is 84.9 Å². The predicted octanol–water partition coefficient (Wildman–Crippen LogP) is 2.99. The first-order chi connectivity index (χ1) is 14.0. The van der Waals surface area contributed by atoms with E-state index in [1.54, 1.807) is 6.92 Å². The van der Waals surface area contributed by atoms with E-state index < -0.39 is 17.4 Å². The lowest BCUT2D eigenvalue weighted by atomic mass is 9.93. The lowest BCUT2D eigenvalue weighted by molar-refractivity contribution is -0.139. The molecule has 5 heteroatoms. The molecule has 0 heterocycles. The molecule has 148 valence electrons. The van der Waals surface area contributed by atoms with Crippen LogP contribution >= 0.6 is 0 Å². The maximum Gasteiger partial charge on any atom is 0.309 e. The molecule has 0 fully saturated rings. The molecule has 3 aromatic rings. The van der Waals surface area contributed by atoms with Gasteiger partial charge < -0.3 is 15.7 Å². The molecule has 0 spiro atoms. The highest BCUT2D eigenvalue weighted by atomic mass is 16.3. The van der Waals surface area contributed by atoms with Crippen molar-refractivity contribution in [2.75, 3.05) is 6.54 Å². The number of benzene rings is 3. The largest absolute Gasteiger partial charge is 0.384 e. The van der Waals surface area contributed by atoms with Gasteiger partial charge in [0, 0.05) is 6.54 Å². The minimum absolute atomic E-state index is 0.0741. The number of hydrogen-bond acceptors (Lipinski definition) is 3. The number of carbonyl (C=O) groups excluding carboxylic acids is 2. The molecule has 5 nitrogen and oxygen atoms in total. The van der Waals surface area contributed by atoms with Crippen molar-refractivity contribution in [3.05, 3.63) is 96.1 Å². The zero-order valence-corrected chi connectivity index (χ0v) is 16.3. The van der Waals surface area contributed by atoms with E-state index in [1.165, 1.54) is 0 Å². The van der Waals surface area contributed by atoms with Crippen LogP contribution in [0, 0.1) is 0 Å². The van der Waals surface area contributed by atoms with Crippen molar-refractivity contribution in [3.8, 4) is 11.1 Å². The van der Waals surface area contributed by atoms with Crippen LogP contribution in [0.1, 0.15) is 18.1 Å². The molecule has 1 unspecified atom stereocenters. The predicted molar refractivity (Wildman–Crippen MR) is 113 cm³/mol. The summed E-state index contributed by atoms with van der Waals surface area (Å²) in [6.45, 7) is 1.80. The summed E-state index contributed by atoms with van der Waals surface area (Å²) in [6.07, 6.45) is 0. The number of rotatable bonds is 6. The van der Waals surface area contributed by atoms with Crippen LogP contribution in [0.25, 0.3) is 11.1 Å². The van der Waals surface area contributed by atoms with Crippen molar-refractivity contribution in [2.45, 2.75) is 19.1 Å². The van der Waals surface area contributed by atoms with E-state index in [9.17, 15) is 14.7 Å². The maximum atomic E-state index is 12.0. The van der Waals surface area contributed by atoms with Crippen LogP contribution in [0.2, 0.25) is 0 Å². The van der Waals surface area contributed by atoms with Gasteiger partial charge in [-0.1, -0.05) is 84.9 Å². The first-order valence-corrected chi connectivity index (χ1v) is 9.44. The molecule has 3 rings (SSSR count). The molecule has 0 aliphatic carbocycles. The van der Waals surface area contributed by atoms with Crippen molar-refractivity contribution in [3.63, 3.8) is 0 Å². The second-order valence-electron chi connectivity index (χ2n) is 7.07. The Morgan fingerprint density at radius 2 is 1.28 bits per heavy atom. The minimum atomic E-state index is -1.30. The van der Waals surface area contributed by atoms with E-state index in [4.69, 9.17) is 0 Å². The smallest absolute Gasteiger partial charge is 0.309 e.